The second-order valence-corrected chi connectivity index (χ2v) is 7.35. The smallest absolute Gasteiger partial charge is 0.328 e. The molecule has 1 N–H and O–H groups in total. The number of allylic oxidation sites excluding steroid dienone is 4. The summed E-state index contributed by atoms with van der Waals surface area (Å²) in [4.78, 5) is 10.8. The molecule has 0 atom stereocenters. The molecule has 1 aromatic carbocycles. The van der Waals surface area contributed by atoms with Crippen molar-refractivity contribution in [3.05, 3.63) is 59.2 Å². The first-order chi connectivity index (χ1) is 11.2. The Balaban J connectivity index is 2.50. The van der Waals surface area contributed by atoms with Gasteiger partial charge in [0.05, 0.1) is 6.61 Å². The molecule has 0 radical (unpaired) electrons. The number of rotatable bonds is 4. The summed E-state index contributed by atoms with van der Waals surface area (Å²) in [5, 5.41) is 8.86. The van der Waals surface area contributed by atoms with Crippen LogP contribution in [0.2, 0.25) is 0 Å². The number of carbonyl (C=O) groups is 1. The van der Waals surface area contributed by atoms with Crippen LogP contribution in [0.4, 0.5) is 0 Å². The van der Waals surface area contributed by atoms with Gasteiger partial charge in [-0.15, -0.1) is 0 Å². The minimum absolute atomic E-state index is 0.0961. The third kappa shape index (κ3) is 4.60. The van der Waals surface area contributed by atoms with Crippen molar-refractivity contribution >= 4 is 11.5 Å². The molecule has 0 spiro atoms. The summed E-state index contributed by atoms with van der Waals surface area (Å²) in [5.74, 6) is 0.379. The summed E-state index contributed by atoms with van der Waals surface area (Å²) in [6, 6.07) is 6.32. The van der Waals surface area contributed by atoms with E-state index in [0.717, 1.165) is 16.9 Å². The van der Waals surface area contributed by atoms with Crippen molar-refractivity contribution in [1.29, 1.82) is 0 Å². The largest absolute Gasteiger partial charge is 0.492 e. The lowest BCUT2D eigenvalue weighted by atomic mass is 9.89. The molecule has 0 amide bonds. The van der Waals surface area contributed by atoms with Crippen LogP contribution in [-0.2, 0) is 4.79 Å². The summed E-state index contributed by atoms with van der Waals surface area (Å²) < 4.78 is 6.01. The van der Waals surface area contributed by atoms with Crippen LogP contribution in [0.3, 0.4) is 0 Å². The van der Waals surface area contributed by atoms with Gasteiger partial charge in [0.15, 0.2) is 0 Å². The lowest BCUT2D eigenvalue weighted by molar-refractivity contribution is -0.131. The maximum atomic E-state index is 10.8. The standard InChI is InChI=1S/C21H26O3/c1-14(2)16-8-9-19-18(11-16)17(12-21(4,5)13-24-19)7-6-15(3)10-20(22)23/h6-12,14H,13H2,1-5H3,(H,22,23)/b7-6+,15-10+. The molecule has 1 heterocycles. The van der Waals surface area contributed by atoms with Crippen molar-refractivity contribution in [1.82, 2.24) is 0 Å². The monoisotopic (exact) mass is 326 g/mol. The van der Waals surface area contributed by atoms with E-state index in [9.17, 15) is 4.79 Å². The van der Waals surface area contributed by atoms with Gasteiger partial charge >= 0.3 is 5.97 Å². The predicted molar refractivity (Wildman–Crippen MR) is 98.3 cm³/mol. The first-order valence-corrected chi connectivity index (χ1v) is 8.27. The van der Waals surface area contributed by atoms with Gasteiger partial charge in [-0.25, -0.2) is 4.79 Å². The fourth-order valence-corrected chi connectivity index (χ4v) is 2.66. The molecule has 3 nitrogen and oxygen atoms in total. The Hall–Kier alpha value is -2.29. The molecule has 1 aliphatic rings. The summed E-state index contributed by atoms with van der Waals surface area (Å²) in [7, 11) is 0. The van der Waals surface area contributed by atoms with Gasteiger partial charge in [0, 0.05) is 17.1 Å². The maximum Gasteiger partial charge on any atom is 0.328 e. The average Bonchev–Trinajstić information content (AvgIpc) is 2.60. The van der Waals surface area contributed by atoms with Crippen molar-refractivity contribution in [2.75, 3.05) is 6.61 Å². The Morgan fingerprint density at radius 3 is 2.67 bits per heavy atom. The highest BCUT2D eigenvalue weighted by Gasteiger charge is 2.23. The van der Waals surface area contributed by atoms with Crippen molar-refractivity contribution in [3.8, 4) is 5.75 Å². The van der Waals surface area contributed by atoms with Crippen molar-refractivity contribution in [2.24, 2.45) is 5.41 Å². The Kier molecular flexibility index (Phi) is 5.33. The second kappa shape index (κ2) is 7.08. The van der Waals surface area contributed by atoms with E-state index in [-0.39, 0.29) is 5.41 Å². The molecule has 24 heavy (non-hydrogen) atoms. The summed E-state index contributed by atoms with van der Waals surface area (Å²) >= 11 is 0. The first-order valence-electron chi connectivity index (χ1n) is 8.27. The first kappa shape index (κ1) is 18.1. The number of carboxylic acids is 1. The summed E-state index contributed by atoms with van der Waals surface area (Å²) in [6.07, 6.45) is 7.23. The Labute approximate surface area is 144 Å². The topological polar surface area (TPSA) is 46.5 Å². The molecule has 0 bridgehead atoms. The molecule has 0 saturated heterocycles. The molecule has 1 aliphatic heterocycles. The van der Waals surface area contributed by atoms with Crippen LogP contribution >= 0.6 is 0 Å². The van der Waals surface area contributed by atoms with E-state index in [2.05, 4.69) is 45.9 Å². The van der Waals surface area contributed by atoms with Gasteiger partial charge in [-0.3, -0.25) is 0 Å². The quantitative estimate of drug-likeness (QED) is 0.611. The van der Waals surface area contributed by atoms with Crippen LogP contribution in [0.15, 0.2) is 48.1 Å². The van der Waals surface area contributed by atoms with Crippen molar-refractivity contribution in [3.63, 3.8) is 0 Å². The van der Waals surface area contributed by atoms with E-state index in [1.54, 1.807) is 6.92 Å². The fraction of sp³-hybridized carbons (Fsp3) is 0.381. The average molecular weight is 326 g/mol. The Morgan fingerprint density at radius 2 is 2.04 bits per heavy atom. The number of hydrogen-bond donors (Lipinski definition) is 1. The van der Waals surface area contributed by atoms with Crippen LogP contribution in [-0.4, -0.2) is 17.7 Å². The molecule has 2 rings (SSSR count). The van der Waals surface area contributed by atoms with Gasteiger partial charge in [0.1, 0.15) is 5.75 Å². The molecule has 0 fully saturated rings. The van der Waals surface area contributed by atoms with Crippen LogP contribution in [0.5, 0.6) is 5.75 Å². The molecular formula is C21H26O3. The zero-order valence-electron chi connectivity index (χ0n) is 15.1. The maximum absolute atomic E-state index is 10.8. The molecule has 0 unspecified atom stereocenters. The van der Waals surface area contributed by atoms with Gasteiger partial charge in [0.25, 0.3) is 0 Å². The Bertz CT molecular complexity index is 719. The van der Waals surface area contributed by atoms with E-state index in [1.165, 1.54) is 11.6 Å². The van der Waals surface area contributed by atoms with E-state index < -0.39 is 5.97 Å². The van der Waals surface area contributed by atoms with E-state index in [4.69, 9.17) is 9.84 Å². The minimum atomic E-state index is -0.932. The normalized spacial score (nSPS) is 17.2. The zero-order chi connectivity index (χ0) is 17.9. The minimum Gasteiger partial charge on any atom is -0.492 e. The molecule has 3 heteroatoms. The molecular weight excluding hydrogens is 300 g/mol. The molecule has 0 aliphatic carbocycles. The highest BCUT2D eigenvalue weighted by Crippen LogP contribution is 2.37. The number of hydrogen-bond acceptors (Lipinski definition) is 2. The van der Waals surface area contributed by atoms with E-state index in [1.807, 2.05) is 18.2 Å². The third-order valence-electron chi connectivity index (χ3n) is 4.00. The van der Waals surface area contributed by atoms with Crippen LogP contribution in [0.1, 0.15) is 51.7 Å². The van der Waals surface area contributed by atoms with Crippen molar-refractivity contribution < 1.29 is 14.6 Å². The van der Waals surface area contributed by atoms with Crippen molar-refractivity contribution in [2.45, 2.75) is 40.5 Å². The fourth-order valence-electron chi connectivity index (χ4n) is 2.66. The predicted octanol–water partition coefficient (Wildman–Crippen LogP) is 5.20. The zero-order valence-corrected chi connectivity index (χ0v) is 15.1. The molecule has 128 valence electrons. The lowest BCUT2D eigenvalue weighted by Crippen LogP contribution is -2.17. The van der Waals surface area contributed by atoms with Gasteiger partial charge in [-0.05, 0) is 41.7 Å². The highest BCUT2D eigenvalue weighted by molar-refractivity contribution is 5.82. The number of benzene rings is 1. The summed E-state index contributed by atoms with van der Waals surface area (Å²) in [6.45, 7) is 11.0. The second-order valence-electron chi connectivity index (χ2n) is 7.35. The molecule has 0 saturated carbocycles. The number of aliphatic carboxylic acids is 1. The molecule has 0 aromatic heterocycles. The summed E-state index contributed by atoms with van der Waals surface area (Å²) in [5.41, 5.74) is 3.99. The molecule has 1 aromatic rings. The highest BCUT2D eigenvalue weighted by atomic mass is 16.5. The van der Waals surface area contributed by atoms with E-state index in [0.29, 0.717) is 18.1 Å². The number of ether oxygens (including phenoxy) is 1. The number of carboxylic acid groups (broad SMARTS) is 1. The third-order valence-corrected chi connectivity index (χ3v) is 4.00. The van der Waals surface area contributed by atoms with Gasteiger partial charge in [-0.2, -0.15) is 0 Å². The SMILES string of the molecule is CC(/C=C/C1=CC(C)(C)COc2ccc(C(C)C)cc21)=C\C(=O)O. The number of fused-ring (bicyclic) bond motifs is 1. The van der Waals surface area contributed by atoms with Gasteiger partial charge in [0.2, 0.25) is 0 Å². The van der Waals surface area contributed by atoms with Crippen LogP contribution < -0.4 is 4.74 Å². The van der Waals surface area contributed by atoms with E-state index >= 15 is 0 Å². The van der Waals surface area contributed by atoms with Gasteiger partial charge in [-0.1, -0.05) is 52.0 Å². The lowest BCUT2D eigenvalue weighted by Gasteiger charge is -2.18. The van der Waals surface area contributed by atoms with Gasteiger partial charge < -0.3 is 9.84 Å². The Morgan fingerprint density at radius 1 is 1.33 bits per heavy atom. The van der Waals surface area contributed by atoms with Crippen LogP contribution in [0, 0.1) is 5.41 Å². The van der Waals surface area contributed by atoms with Crippen LogP contribution in [0.25, 0.3) is 5.57 Å².